The molecule has 0 unspecified atom stereocenters. The van der Waals surface area contributed by atoms with Crippen molar-refractivity contribution in [2.24, 2.45) is 0 Å². The molecule has 5 nitrogen and oxygen atoms in total. The summed E-state index contributed by atoms with van der Waals surface area (Å²) in [6.45, 7) is 0. The van der Waals surface area contributed by atoms with Crippen LogP contribution in [0.1, 0.15) is 10.4 Å². The molecule has 0 fully saturated rings. The van der Waals surface area contributed by atoms with Gasteiger partial charge in [0.1, 0.15) is 5.82 Å². The first-order chi connectivity index (χ1) is 9.88. The molecule has 0 aliphatic heterocycles. The van der Waals surface area contributed by atoms with E-state index in [0.717, 1.165) is 23.9 Å². The number of benzene rings is 2. The molecule has 0 atom stereocenters. The van der Waals surface area contributed by atoms with E-state index < -0.39 is 22.4 Å². The van der Waals surface area contributed by atoms with Gasteiger partial charge in [-0.25, -0.2) is 9.18 Å². The monoisotopic (exact) mass is 327 g/mol. The molecule has 21 heavy (non-hydrogen) atoms. The molecule has 0 bridgehead atoms. The Hall–Kier alpha value is -2.12. The highest BCUT2D eigenvalue weighted by atomic mass is 35.5. The maximum absolute atomic E-state index is 13.3. The van der Waals surface area contributed by atoms with Gasteiger partial charge in [0.25, 0.3) is 5.69 Å². The lowest BCUT2D eigenvalue weighted by Crippen LogP contribution is -1.96. The zero-order chi connectivity index (χ0) is 15.6. The molecule has 2 rings (SSSR count). The zero-order valence-corrected chi connectivity index (χ0v) is 11.8. The maximum atomic E-state index is 13.3. The lowest BCUT2D eigenvalue weighted by molar-refractivity contribution is -0.387. The molecule has 0 radical (unpaired) electrons. The van der Waals surface area contributed by atoms with Crippen LogP contribution in [0.25, 0.3) is 0 Å². The van der Waals surface area contributed by atoms with E-state index >= 15 is 0 Å². The summed E-state index contributed by atoms with van der Waals surface area (Å²) in [7, 11) is 0. The molecule has 2 aromatic rings. The second kappa shape index (κ2) is 6.11. The topological polar surface area (TPSA) is 80.4 Å². The van der Waals surface area contributed by atoms with Gasteiger partial charge >= 0.3 is 5.97 Å². The van der Waals surface area contributed by atoms with E-state index in [-0.39, 0.29) is 15.5 Å². The minimum atomic E-state index is -1.11. The van der Waals surface area contributed by atoms with E-state index in [1.807, 2.05) is 0 Å². The van der Waals surface area contributed by atoms with Gasteiger partial charge in [-0.2, -0.15) is 0 Å². The van der Waals surface area contributed by atoms with E-state index in [0.29, 0.717) is 4.90 Å². The number of hydrogen-bond donors (Lipinski definition) is 1. The highest BCUT2D eigenvalue weighted by molar-refractivity contribution is 7.99. The van der Waals surface area contributed by atoms with Crippen molar-refractivity contribution in [1.29, 1.82) is 0 Å². The molecule has 108 valence electrons. The van der Waals surface area contributed by atoms with Gasteiger partial charge in [-0.1, -0.05) is 29.4 Å². The van der Waals surface area contributed by atoms with Gasteiger partial charge in [-0.3, -0.25) is 10.1 Å². The highest BCUT2D eigenvalue weighted by Crippen LogP contribution is 2.37. The average molecular weight is 328 g/mol. The second-order valence-electron chi connectivity index (χ2n) is 3.93. The van der Waals surface area contributed by atoms with Crippen LogP contribution in [0.4, 0.5) is 10.1 Å². The molecule has 0 spiro atoms. The predicted octanol–water partition coefficient (Wildman–Crippen LogP) is 4.24. The van der Waals surface area contributed by atoms with Crippen LogP contribution in [0, 0.1) is 15.9 Å². The zero-order valence-electron chi connectivity index (χ0n) is 10.2. The SMILES string of the molecule is O=C(O)c1cccc(Sc2cc(Cl)c(F)cc2[N+](=O)[O-])c1. The van der Waals surface area contributed by atoms with Crippen molar-refractivity contribution in [3.05, 3.63) is 62.9 Å². The summed E-state index contributed by atoms with van der Waals surface area (Å²) in [4.78, 5) is 21.7. The van der Waals surface area contributed by atoms with Crippen LogP contribution in [-0.2, 0) is 0 Å². The van der Waals surface area contributed by atoms with Crippen molar-refractivity contribution in [3.8, 4) is 0 Å². The smallest absolute Gasteiger partial charge is 0.335 e. The molecule has 0 saturated heterocycles. The van der Waals surface area contributed by atoms with E-state index in [4.69, 9.17) is 16.7 Å². The number of nitrogens with zero attached hydrogens (tertiary/aromatic N) is 1. The Kier molecular flexibility index (Phi) is 4.44. The van der Waals surface area contributed by atoms with Crippen LogP contribution in [-0.4, -0.2) is 16.0 Å². The quantitative estimate of drug-likeness (QED) is 0.671. The first-order valence-corrected chi connectivity index (χ1v) is 6.72. The largest absolute Gasteiger partial charge is 0.478 e. The van der Waals surface area contributed by atoms with Gasteiger partial charge in [0.15, 0.2) is 0 Å². The summed E-state index contributed by atoms with van der Waals surface area (Å²) in [6.07, 6.45) is 0. The third kappa shape index (κ3) is 3.50. The van der Waals surface area contributed by atoms with Gasteiger partial charge in [-0.15, -0.1) is 0 Å². The molecule has 0 aliphatic carbocycles. The van der Waals surface area contributed by atoms with Crippen molar-refractivity contribution >= 4 is 35.0 Å². The predicted molar refractivity (Wildman–Crippen MR) is 75.6 cm³/mol. The molecule has 0 heterocycles. The van der Waals surface area contributed by atoms with Crippen molar-refractivity contribution in [2.75, 3.05) is 0 Å². The molecule has 0 aromatic heterocycles. The molecular formula is C13H7ClFNO4S. The van der Waals surface area contributed by atoms with Crippen molar-refractivity contribution in [3.63, 3.8) is 0 Å². The lowest BCUT2D eigenvalue weighted by atomic mass is 10.2. The first kappa shape index (κ1) is 15.3. The molecule has 0 aliphatic rings. The van der Waals surface area contributed by atoms with Crippen LogP contribution in [0.3, 0.4) is 0 Å². The van der Waals surface area contributed by atoms with Crippen LogP contribution < -0.4 is 0 Å². The Labute approximate surface area is 127 Å². The third-order valence-electron chi connectivity index (χ3n) is 2.51. The number of carboxylic acids is 1. The summed E-state index contributed by atoms with van der Waals surface area (Å²) in [6, 6.07) is 7.77. The molecule has 0 saturated carbocycles. The van der Waals surface area contributed by atoms with E-state index in [1.54, 1.807) is 6.07 Å². The summed E-state index contributed by atoms with van der Waals surface area (Å²) < 4.78 is 13.3. The normalized spacial score (nSPS) is 10.4. The van der Waals surface area contributed by atoms with Crippen molar-refractivity contribution < 1.29 is 19.2 Å². The fourth-order valence-electron chi connectivity index (χ4n) is 1.56. The molecule has 0 amide bonds. The number of carbonyl (C=O) groups is 1. The van der Waals surface area contributed by atoms with Gasteiger partial charge in [0.2, 0.25) is 0 Å². The van der Waals surface area contributed by atoms with Gasteiger partial charge in [-0.05, 0) is 24.3 Å². The Morgan fingerprint density at radius 3 is 2.67 bits per heavy atom. The number of carboxylic acid groups (broad SMARTS) is 1. The van der Waals surface area contributed by atoms with Gasteiger partial charge < -0.3 is 5.11 Å². The Morgan fingerprint density at radius 2 is 2.05 bits per heavy atom. The van der Waals surface area contributed by atoms with Gasteiger partial charge in [0.05, 0.1) is 26.5 Å². The summed E-state index contributed by atoms with van der Waals surface area (Å²) in [5.41, 5.74) is -0.376. The number of nitro benzene ring substituents is 1. The fourth-order valence-corrected chi connectivity index (χ4v) is 2.79. The van der Waals surface area contributed by atoms with Crippen molar-refractivity contribution in [1.82, 2.24) is 0 Å². The number of nitro groups is 1. The van der Waals surface area contributed by atoms with Crippen molar-refractivity contribution in [2.45, 2.75) is 9.79 Å². The summed E-state index contributed by atoms with van der Waals surface area (Å²) in [5.74, 6) is -1.99. The number of aromatic carboxylic acids is 1. The molecule has 1 N–H and O–H groups in total. The Balaban J connectivity index is 2.43. The van der Waals surface area contributed by atoms with E-state index in [9.17, 15) is 19.3 Å². The average Bonchev–Trinajstić information content (AvgIpc) is 2.42. The molecular weight excluding hydrogens is 321 g/mol. The van der Waals surface area contributed by atoms with Crippen LogP contribution in [0.2, 0.25) is 5.02 Å². The number of halogens is 2. The lowest BCUT2D eigenvalue weighted by Gasteiger charge is -2.05. The molecule has 8 heteroatoms. The first-order valence-electron chi connectivity index (χ1n) is 5.53. The summed E-state index contributed by atoms with van der Waals surface area (Å²) >= 11 is 6.57. The van der Waals surface area contributed by atoms with Crippen LogP contribution in [0.15, 0.2) is 46.2 Å². The maximum Gasteiger partial charge on any atom is 0.335 e. The Morgan fingerprint density at radius 1 is 1.33 bits per heavy atom. The van der Waals surface area contributed by atoms with Crippen LogP contribution in [0.5, 0.6) is 0 Å². The fraction of sp³-hybridized carbons (Fsp3) is 0. The van der Waals surface area contributed by atoms with Gasteiger partial charge in [0, 0.05) is 4.90 Å². The summed E-state index contributed by atoms with van der Waals surface area (Å²) in [5, 5.41) is 19.6. The highest BCUT2D eigenvalue weighted by Gasteiger charge is 2.19. The van der Waals surface area contributed by atoms with E-state index in [1.165, 1.54) is 18.2 Å². The van der Waals surface area contributed by atoms with Crippen LogP contribution >= 0.6 is 23.4 Å². The minimum Gasteiger partial charge on any atom is -0.478 e. The standard InChI is InChI=1S/C13H7ClFNO4S/c14-9-5-12(11(16(19)20)6-10(9)15)21-8-3-1-2-7(4-8)13(17)18/h1-6H,(H,17,18). The Bertz CT molecular complexity index is 738. The van der Waals surface area contributed by atoms with E-state index in [2.05, 4.69) is 0 Å². The molecule has 2 aromatic carbocycles. The minimum absolute atomic E-state index is 0.0517. The number of rotatable bonds is 4. The second-order valence-corrected chi connectivity index (χ2v) is 5.45. The third-order valence-corrected chi connectivity index (χ3v) is 3.83. The number of hydrogen-bond acceptors (Lipinski definition) is 4.